The number of halogens is 1. The molecule has 0 bridgehead atoms. The number of nitrogens with one attached hydrogen (secondary N) is 1. The third-order valence-corrected chi connectivity index (χ3v) is 6.07. The van der Waals surface area contributed by atoms with Gasteiger partial charge in [-0.3, -0.25) is 9.59 Å². The molecule has 1 heterocycles. The molecule has 7 nitrogen and oxygen atoms in total. The number of carbonyl (C=O) groups excluding carboxylic acids is 3. The van der Waals surface area contributed by atoms with Crippen molar-refractivity contribution in [2.24, 2.45) is 0 Å². The number of amides is 1. The lowest BCUT2D eigenvalue weighted by Crippen LogP contribution is -2.22. The second-order valence-electron chi connectivity index (χ2n) is 6.50. The average Bonchev–Trinajstić information content (AvgIpc) is 3.24. The second kappa shape index (κ2) is 8.84. The van der Waals surface area contributed by atoms with Gasteiger partial charge in [-0.1, -0.05) is 11.6 Å². The average molecular weight is 438 g/mol. The van der Waals surface area contributed by atoms with Gasteiger partial charge in [0.15, 0.2) is 6.61 Å². The fourth-order valence-corrected chi connectivity index (χ4v) is 4.82. The van der Waals surface area contributed by atoms with Gasteiger partial charge in [0.1, 0.15) is 10.8 Å². The highest BCUT2D eigenvalue weighted by Gasteiger charge is 2.38. The number of anilines is 1. The van der Waals surface area contributed by atoms with E-state index >= 15 is 0 Å². The maximum Gasteiger partial charge on any atom is 0.341 e. The molecule has 1 N–H and O–H groups in total. The van der Waals surface area contributed by atoms with Crippen molar-refractivity contribution < 1.29 is 28.6 Å². The number of esters is 2. The van der Waals surface area contributed by atoms with Crippen LogP contribution >= 0.6 is 22.9 Å². The Morgan fingerprint density at radius 3 is 2.66 bits per heavy atom. The Morgan fingerprint density at radius 1 is 1.24 bits per heavy atom. The van der Waals surface area contributed by atoms with Crippen molar-refractivity contribution >= 4 is 45.8 Å². The first kappa shape index (κ1) is 21.1. The van der Waals surface area contributed by atoms with E-state index in [1.807, 2.05) is 6.92 Å². The van der Waals surface area contributed by atoms with E-state index in [4.69, 9.17) is 25.8 Å². The zero-order valence-corrected chi connectivity index (χ0v) is 17.7. The Bertz CT molecular complexity index is 970. The second-order valence-corrected chi connectivity index (χ2v) is 8.04. The van der Waals surface area contributed by atoms with E-state index in [2.05, 4.69) is 5.32 Å². The molecular weight excluding hydrogens is 418 g/mol. The van der Waals surface area contributed by atoms with Crippen molar-refractivity contribution in [1.29, 1.82) is 0 Å². The van der Waals surface area contributed by atoms with E-state index in [-0.39, 0.29) is 12.2 Å². The molecule has 1 amide bonds. The lowest BCUT2D eigenvalue weighted by molar-refractivity contribution is -0.142. The maximum atomic E-state index is 12.4. The van der Waals surface area contributed by atoms with E-state index in [1.165, 1.54) is 25.6 Å². The standard InChI is InChI=1S/C20H20ClNO6S/c1-10-8-11(21)4-6-13(10)28-9-15(23)22-18-17(20(25)27-3)16-12(19(24)26-2)5-7-14(16)29-18/h4,6,8,12H,5,7,9H2,1-3H3,(H,22,23). The van der Waals surface area contributed by atoms with Crippen LogP contribution in [0.5, 0.6) is 5.75 Å². The lowest BCUT2D eigenvalue weighted by atomic mass is 9.99. The van der Waals surface area contributed by atoms with Crippen molar-refractivity contribution in [3.8, 4) is 5.75 Å². The van der Waals surface area contributed by atoms with Crippen molar-refractivity contribution in [3.05, 3.63) is 44.8 Å². The first-order chi connectivity index (χ1) is 13.8. The summed E-state index contributed by atoms with van der Waals surface area (Å²) in [6.45, 7) is 1.58. The monoisotopic (exact) mass is 437 g/mol. The summed E-state index contributed by atoms with van der Waals surface area (Å²) in [7, 11) is 2.57. The molecule has 1 atom stereocenters. The molecule has 0 radical (unpaired) electrons. The largest absolute Gasteiger partial charge is 0.483 e. The van der Waals surface area contributed by atoms with Crippen LogP contribution in [0, 0.1) is 6.92 Å². The smallest absolute Gasteiger partial charge is 0.341 e. The number of methoxy groups -OCH3 is 2. The number of thiophene rings is 1. The molecule has 2 aromatic rings. The summed E-state index contributed by atoms with van der Waals surface area (Å²) >= 11 is 7.18. The number of hydrogen-bond donors (Lipinski definition) is 1. The van der Waals surface area contributed by atoms with Crippen LogP contribution in [-0.2, 0) is 25.5 Å². The van der Waals surface area contributed by atoms with Gasteiger partial charge in [0.25, 0.3) is 5.91 Å². The van der Waals surface area contributed by atoms with E-state index < -0.39 is 23.8 Å². The number of hydrogen-bond acceptors (Lipinski definition) is 7. The zero-order valence-electron chi connectivity index (χ0n) is 16.2. The summed E-state index contributed by atoms with van der Waals surface area (Å²) in [6.07, 6.45) is 1.19. The van der Waals surface area contributed by atoms with Crippen LogP contribution in [0.4, 0.5) is 5.00 Å². The quantitative estimate of drug-likeness (QED) is 0.692. The Morgan fingerprint density at radius 2 is 2.00 bits per heavy atom. The third-order valence-electron chi connectivity index (χ3n) is 4.65. The number of rotatable bonds is 6. The van der Waals surface area contributed by atoms with Gasteiger partial charge >= 0.3 is 11.9 Å². The van der Waals surface area contributed by atoms with Gasteiger partial charge in [0, 0.05) is 9.90 Å². The van der Waals surface area contributed by atoms with Crippen LogP contribution < -0.4 is 10.1 Å². The van der Waals surface area contributed by atoms with Crippen molar-refractivity contribution in [1.82, 2.24) is 0 Å². The minimum atomic E-state index is -0.608. The number of ether oxygens (including phenoxy) is 3. The number of benzene rings is 1. The summed E-state index contributed by atoms with van der Waals surface area (Å²) < 4.78 is 15.3. The van der Waals surface area contributed by atoms with Gasteiger partial charge in [-0.25, -0.2) is 4.79 Å². The Balaban J connectivity index is 1.79. The van der Waals surface area contributed by atoms with Crippen LogP contribution in [0.3, 0.4) is 0 Å². The predicted molar refractivity (Wildman–Crippen MR) is 109 cm³/mol. The summed E-state index contributed by atoms with van der Waals surface area (Å²) in [6, 6.07) is 5.10. The van der Waals surface area contributed by atoms with E-state index in [1.54, 1.807) is 18.2 Å². The number of aryl methyl sites for hydroxylation is 2. The summed E-state index contributed by atoms with van der Waals surface area (Å²) in [4.78, 5) is 37.8. The minimum Gasteiger partial charge on any atom is -0.483 e. The summed E-state index contributed by atoms with van der Waals surface area (Å²) in [5.41, 5.74) is 1.59. The van der Waals surface area contributed by atoms with E-state index in [0.717, 1.165) is 10.4 Å². The molecule has 1 aromatic heterocycles. The zero-order chi connectivity index (χ0) is 21.1. The lowest BCUT2D eigenvalue weighted by Gasteiger charge is -2.12. The molecule has 1 aliphatic rings. The molecule has 1 unspecified atom stereocenters. The molecule has 3 rings (SSSR count). The molecule has 9 heteroatoms. The molecule has 0 saturated carbocycles. The van der Waals surface area contributed by atoms with Crippen molar-refractivity contribution in [3.63, 3.8) is 0 Å². The minimum absolute atomic E-state index is 0.205. The molecule has 0 fully saturated rings. The molecule has 29 heavy (non-hydrogen) atoms. The Hall–Kier alpha value is -2.58. The van der Waals surface area contributed by atoms with Gasteiger partial charge in [-0.15, -0.1) is 11.3 Å². The fraction of sp³-hybridized carbons (Fsp3) is 0.350. The third kappa shape index (κ3) is 4.38. The van der Waals surface area contributed by atoms with Gasteiger partial charge in [0.05, 0.1) is 25.7 Å². The van der Waals surface area contributed by atoms with Gasteiger partial charge < -0.3 is 19.5 Å². The van der Waals surface area contributed by atoms with Crippen LogP contribution in [0.25, 0.3) is 0 Å². The Kier molecular flexibility index (Phi) is 6.44. The highest BCUT2D eigenvalue weighted by Crippen LogP contribution is 2.45. The molecule has 1 aliphatic carbocycles. The van der Waals surface area contributed by atoms with Crippen molar-refractivity contribution in [2.75, 3.05) is 26.1 Å². The molecule has 0 spiro atoms. The molecule has 1 aromatic carbocycles. The highest BCUT2D eigenvalue weighted by atomic mass is 35.5. The first-order valence-corrected chi connectivity index (χ1v) is 10.1. The fourth-order valence-electron chi connectivity index (χ4n) is 3.32. The van der Waals surface area contributed by atoms with Crippen LogP contribution in [0.1, 0.15) is 38.7 Å². The number of fused-ring (bicyclic) bond motifs is 1. The molecule has 0 aliphatic heterocycles. The SMILES string of the molecule is COC(=O)c1c(NC(=O)COc2ccc(Cl)cc2C)sc2c1C(C(=O)OC)CC2. The molecular formula is C20H20ClNO6S. The summed E-state index contributed by atoms with van der Waals surface area (Å²) in [5.74, 6) is -1.45. The highest BCUT2D eigenvalue weighted by molar-refractivity contribution is 7.17. The van der Waals surface area contributed by atoms with Crippen LogP contribution in [0.15, 0.2) is 18.2 Å². The molecule has 0 saturated heterocycles. The van der Waals surface area contributed by atoms with E-state index in [0.29, 0.717) is 34.2 Å². The predicted octanol–water partition coefficient (Wildman–Crippen LogP) is 3.72. The maximum absolute atomic E-state index is 12.4. The molecule has 154 valence electrons. The Labute approximate surface area is 176 Å². The first-order valence-electron chi connectivity index (χ1n) is 8.86. The topological polar surface area (TPSA) is 90.9 Å². The van der Waals surface area contributed by atoms with Crippen LogP contribution in [0.2, 0.25) is 5.02 Å². The van der Waals surface area contributed by atoms with Crippen LogP contribution in [-0.4, -0.2) is 38.7 Å². The number of carbonyl (C=O) groups is 3. The normalized spacial score (nSPS) is 14.8. The summed E-state index contributed by atoms with van der Waals surface area (Å²) in [5, 5.41) is 3.63. The van der Waals surface area contributed by atoms with Gasteiger partial charge in [-0.05, 0) is 49.1 Å². The van der Waals surface area contributed by atoms with Gasteiger partial charge in [0.2, 0.25) is 0 Å². The van der Waals surface area contributed by atoms with Crippen molar-refractivity contribution in [2.45, 2.75) is 25.7 Å². The van der Waals surface area contributed by atoms with Gasteiger partial charge in [-0.2, -0.15) is 0 Å². The van der Waals surface area contributed by atoms with E-state index in [9.17, 15) is 14.4 Å².